The fourth-order valence-electron chi connectivity index (χ4n) is 2.48. The zero-order valence-corrected chi connectivity index (χ0v) is 11.8. The lowest BCUT2D eigenvalue weighted by Crippen LogP contribution is -2.52. The topological polar surface area (TPSA) is 84.6 Å². The molecule has 6 heteroatoms. The van der Waals surface area contributed by atoms with E-state index in [0.29, 0.717) is 13.0 Å². The molecule has 110 valence electrons. The van der Waals surface area contributed by atoms with Gasteiger partial charge < -0.3 is 14.9 Å². The number of benzene rings is 1. The van der Waals surface area contributed by atoms with Gasteiger partial charge >= 0.3 is 12.0 Å². The van der Waals surface area contributed by atoms with E-state index < -0.39 is 12.0 Å². The summed E-state index contributed by atoms with van der Waals surface area (Å²) in [4.78, 5) is 26.6. The minimum Gasteiger partial charge on any atom is -0.480 e. The third-order valence-electron chi connectivity index (χ3n) is 3.66. The van der Waals surface area contributed by atoms with Crippen molar-refractivity contribution in [3.8, 4) is 6.07 Å². The van der Waals surface area contributed by atoms with Crippen molar-refractivity contribution >= 4 is 12.0 Å². The van der Waals surface area contributed by atoms with Gasteiger partial charge in [-0.3, -0.25) is 0 Å². The fraction of sp³-hybridized carbons (Fsp3) is 0.400. The van der Waals surface area contributed by atoms with Crippen molar-refractivity contribution in [3.63, 3.8) is 0 Å². The highest BCUT2D eigenvalue weighted by Crippen LogP contribution is 2.24. The number of aliphatic carboxylic acids is 1. The Kier molecular flexibility index (Phi) is 4.43. The van der Waals surface area contributed by atoms with Crippen LogP contribution in [0.3, 0.4) is 0 Å². The van der Waals surface area contributed by atoms with Gasteiger partial charge in [-0.15, -0.1) is 0 Å². The Morgan fingerprint density at radius 2 is 2.10 bits per heavy atom. The molecule has 21 heavy (non-hydrogen) atoms. The summed E-state index contributed by atoms with van der Waals surface area (Å²) in [5.74, 6) is -1.01. The van der Waals surface area contributed by atoms with E-state index in [1.807, 2.05) is 30.3 Å². The quantitative estimate of drug-likeness (QED) is 0.912. The number of nitriles is 1. The van der Waals surface area contributed by atoms with Crippen LogP contribution in [-0.4, -0.2) is 46.5 Å². The van der Waals surface area contributed by atoms with Gasteiger partial charge in [-0.1, -0.05) is 24.3 Å². The van der Waals surface area contributed by atoms with Crippen LogP contribution in [0.2, 0.25) is 0 Å². The fourth-order valence-corrected chi connectivity index (χ4v) is 2.48. The molecule has 1 heterocycles. The molecule has 1 aromatic carbocycles. The summed E-state index contributed by atoms with van der Waals surface area (Å²) < 4.78 is 0. The molecule has 0 saturated carbocycles. The minimum atomic E-state index is -1.01. The SMILES string of the molecule is CN(CCC#N)C(=O)N1Cc2ccccc2C[C@@H]1C(=O)O. The smallest absolute Gasteiger partial charge is 0.326 e. The number of nitrogens with zero attached hydrogens (tertiary/aromatic N) is 3. The number of rotatable bonds is 3. The zero-order chi connectivity index (χ0) is 15.4. The average Bonchev–Trinajstić information content (AvgIpc) is 2.50. The van der Waals surface area contributed by atoms with Crippen molar-refractivity contribution < 1.29 is 14.7 Å². The van der Waals surface area contributed by atoms with Crippen LogP contribution in [-0.2, 0) is 17.8 Å². The number of carboxylic acid groups (broad SMARTS) is 1. The summed E-state index contributed by atoms with van der Waals surface area (Å²) in [6, 6.07) is 8.31. The second-order valence-electron chi connectivity index (χ2n) is 5.07. The summed E-state index contributed by atoms with van der Waals surface area (Å²) in [6.07, 6.45) is 0.535. The van der Waals surface area contributed by atoms with Gasteiger partial charge in [0.15, 0.2) is 0 Å². The highest BCUT2D eigenvalue weighted by atomic mass is 16.4. The van der Waals surface area contributed by atoms with Crippen LogP contribution in [0.4, 0.5) is 4.79 Å². The van der Waals surface area contributed by atoms with Crippen LogP contribution < -0.4 is 0 Å². The molecule has 1 aliphatic heterocycles. The predicted octanol–water partition coefficient (Wildman–Crippen LogP) is 1.46. The van der Waals surface area contributed by atoms with E-state index in [1.165, 1.54) is 9.80 Å². The lowest BCUT2D eigenvalue weighted by molar-refractivity contribution is -0.142. The number of carbonyl (C=O) groups is 2. The van der Waals surface area contributed by atoms with Crippen molar-refractivity contribution in [3.05, 3.63) is 35.4 Å². The van der Waals surface area contributed by atoms with Crippen LogP contribution >= 0.6 is 0 Å². The summed E-state index contributed by atoms with van der Waals surface area (Å²) in [7, 11) is 1.58. The van der Waals surface area contributed by atoms with Crippen LogP contribution in [0.1, 0.15) is 17.5 Å². The molecule has 2 rings (SSSR count). The van der Waals surface area contributed by atoms with Gasteiger partial charge in [0.2, 0.25) is 0 Å². The van der Waals surface area contributed by atoms with Crippen molar-refractivity contribution in [2.75, 3.05) is 13.6 Å². The largest absolute Gasteiger partial charge is 0.480 e. The first kappa shape index (κ1) is 14.9. The number of carboxylic acids is 1. The van der Waals surface area contributed by atoms with E-state index in [-0.39, 0.29) is 19.0 Å². The number of hydrogen-bond acceptors (Lipinski definition) is 3. The maximum absolute atomic E-state index is 12.4. The van der Waals surface area contributed by atoms with Crippen LogP contribution in [0.15, 0.2) is 24.3 Å². The maximum Gasteiger partial charge on any atom is 0.326 e. The summed E-state index contributed by atoms with van der Waals surface area (Å²) >= 11 is 0. The molecule has 0 spiro atoms. The van der Waals surface area contributed by atoms with E-state index in [4.69, 9.17) is 5.26 Å². The molecule has 6 nitrogen and oxygen atoms in total. The number of carbonyl (C=O) groups excluding carboxylic acids is 1. The Balaban J connectivity index is 2.22. The van der Waals surface area contributed by atoms with E-state index >= 15 is 0 Å². The molecule has 1 atom stereocenters. The molecule has 0 saturated heterocycles. The number of fused-ring (bicyclic) bond motifs is 1. The second-order valence-corrected chi connectivity index (χ2v) is 5.07. The lowest BCUT2D eigenvalue weighted by Gasteiger charge is -2.36. The number of urea groups is 1. The normalized spacial score (nSPS) is 16.8. The Morgan fingerprint density at radius 3 is 2.71 bits per heavy atom. The molecule has 0 aliphatic carbocycles. The molecule has 1 aliphatic rings. The minimum absolute atomic E-state index is 0.227. The summed E-state index contributed by atoms with van der Waals surface area (Å²) in [6.45, 7) is 0.572. The summed E-state index contributed by atoms with van der Waals surface area (Å²) in [5.41, 5.74) is 1.94. The van der Waals surface area contributed by atoms with Crippen LogP contribution in [0.5, 0.6) is 0 Å². The van der Waals surface area contributed by atoms with E-state index in [0.717, 1.165) is 11.1 Å². The number of amides is 2. The van der Waals surface area contributed by atoms with E-state index in [9.17, 15) is 14.7 Å². The monoisotopic (exact) mass is 287 g/mol. The van der Waals surface area contributed by atoms with Crippen molar-refractivity contribution in [2.24, 2.45) is 0 Å². The molecular weight excluding hydrogens is 270 g/mol. The average molecular weight is 287 g/mol. The lowest BCUT2D eigenvalue weighted by atomic mass is 9.94. The third-order valence-corrected chi connectivity index (χ3v) is 3.66. The van der Waals surface area contributed by atoms with Crippen LogP contribution in [0.25, 0.3) is 0 Å². The molecule has 1 N–H and O–H groups in total. The van der Waals surface area contributed by atoms with Crippen LogP contribution in [0, 0.1) is 11.3 Å². The first-order valence-corrected chi connectivity index (χ1v) is 6.73. The molecule has 0 unspecified atom stereocenters. The van der Waals surface area contributed by atoms with Gasteiger partial charge in [-0.25, -0.2) is 9.59 Å². The molecular formula is C15H17N3O3. The van der Waals surface area contributed by atoms with Crippen molar-refractivity contribution in [2.45, 2.75) is 25.4 Å². The van der Waals surface area contributed by atoms with Gasteiger partial charge in [0.05, 0.1) is 12.5 Å². The van der Waals surface area contributed by atoms with Gasteiger partial charge in [0, 0.05) is 26.6 Å². The number of hydrogen-bond donors (Lipinski definition) is 1. The second kappa shape index (κ2) is 6.27. The first-order chi connectivity index (χ1) is 10.0. The van der Waals surface area contributed by atoms with Crippen molar-refractivity contribution in [1.82, 2.24) is 9.80 Å². The molecule has 1 aromatic rings. The summed E-state index contributed by atoms with van der Waals surface area (Å²) in [5, 5.41) is 18.0. The highest BCUT2D eigenvalue weighted by Gasteiger charge is 2.35. The van der Waals surface area contributed by atoms with Gasteiger partial charge in [-0.05, 0) is 11.1 Å². The Labute approximate surface area is 123 Å². The molecule has 2 amide bonds. The maximum atomic E-state index is 12.4. The Morgan fingerprint density at radius 1 is 1.43 bits per heavy atom. The molecule has 0 radical (unpaired) electrons. The molecule has 0 bridgehead atoms. The van der Waals surface area contributed by atoms with Crippen molar-refractivity contribution in [1.29, 1.82) is 5.26 Å². The van der Waals surface area contributed by atoms with E-state index in [2.05, 4.69) is 0 Å². The standard InChI is InChI=1S/C15H17N3O3/c1-17(8-4-7-16)15(21)18-10-12-6-3-2-5-11(12)9-13(18)14(19)20/h2-3,5-6,13H,4,8-10H2,1H3,(H,19,20)/t13-/m1/s1. The third kappa shape index (κ3) is 3.14. The molecule has 0 fully saturated rings. The predicted molar refractivity (Wildman–Crippen MR) is 75.4 cm³/mol. The van der Waals surface area contributed by atoms with Gasteiger partial charge in [-0.2, -0.15) is 5.26 Å². The zero-order valence-electron chi connectivity index (χ0n) is 11.8. The van der Waals surface area contributed by atoms with E-state index in [1.54, 1.807) is 7.05 Å². The Hall–Kier alpha value is -2.55. The van der Waals surface area contributed by atoms with Gasteiger partial charge in [0.1, 0.15) is 6.04 Å². The molecule has 0 aromatic heterocycles. The highest BCUT2D eigenvalue weighted by molar-refractivity contribution is 5.83. The Bertz CT molecular complexity index is 594. The van der Waals surface area contributed by atoms with Gasteiger partial charge in [0.25, 0.3) is 0 Å². The first-order valence-electron chi connectivity index (χ1n) is 6.73.